The Kier molecular flexibility index (Phi) is 4.81. The van der Waals surface area contributed by atoms with E-state index in [1.807, 2.05) is 47.6 Å². The van der Waals surface area contributed by atoms with Crippen LogP contribution in [0.4, 0.5) is 0 Å². The van der Waals surface area contributed by atoms with Gasteiger partial charge in [0.2, 0.25) is 5.89 Å². The lowest BCUT2D eigenvalue weighted by molar-refractivity contribution is -0.175. The molecule has 25 heavy (non-hydrogen) atoms. The number of thiol groups is 1. The molecule has 0 aliphatic heterocycles. The first-order chi connectivity index (χ1) is 11.3. The molecule has 0 saturated carbocycles. The number of aromatic nitrogens is 1. The Labute approximate surface area is 153 Å². The van der Waals surface area contributed by atoms with Gasteiger partial charge in [-0.1, -0.05) is 53.7 Å². The van der Waals surface area contributed by atoms with Crippen LogP contribution in [0.3, 0.4) is 0 Å². The van der Waals surface area contributed by atoms with Crippen LogP contribution >= 0.6 is 12.6 Å². The van der Waals surface area contributed by atoms with E-state index < -0.39 is 33.2 Å². The van der Waals surface area contributed by atoms with Crippen LogP contribution in [0.5, 0.6) is 0 Å². The molecule has 1 atom stereocenters. The number of nitrogens with zero attached hydrogens (tertiary/aromatic N) is 1. The van der Waals surface area contributed by atoms with Gasteiger partial charge in [-0.25, -0.2) is 4.98 Å². The maximum atomic E-state index is 12.6. The topological polar surface area (TPSA) is 80.4 Å². The molecule has 0 bridgehead atoms. The van der Waals surface area contributed by atoms with Gasteiger partial charge in [0.15, 0.2) is 10.7 Å². The van der Waals surface area contributed by atoms with E-state index in [0.29, 0.717) is 11.1 Å². The van der Waals surface area contributed by atoms with Gasteiger partial charge in [0, 0.05) is 0 Å². The minimum absolute atomic E-state index is 0.0912. The quantitative estimate of drug-likeness (QED) is 0.780. The molecule has 1 aromatic carbocycles. The highest BCUT2D eigenvalue weighted by Gasteiger charge is 2.64. The van der Waals surface area contributed by atoms with Crippen LogP contribution in [0, 0.1) is 16.2 Å². The van der Waals surface area contributed by atoms with Crippen molar-refractivity contribution in [1.29, 1.82) is 0 Å². The zero-order valence-electron chi connectivity index (χ0n) is 15.5. The number of carbonyl (C=O) groups excluding carboxylic acids is 1. The summed E-state index contributed by atoms with van der Waals surface area (Å²) in [6, 6.07) is 7.11. The average Bonchev–Trinajstić information content (AvgIpc) is 2.83. The van der Waals surface area contributed by atoms with Crippen LogP contribution in [0.1, 0.15) is 53.4 Å². The fraction of sp³-hybridized carbons (Fsp3) is 0.526. The van der Waals surface area contributed by atoms with Crippen molar-refractivity contribution in [3.8, 4) is 0 Å². The number of oxazole rings is 1. The molecule has 0 fully saturated rings. The minimum Gasteiger partial charge on any atom is -0.481 e. The van der Waals surface area contributed by atoms with Gasteiger partial charge in [0.05, 0.1) is 5.41 Å². The lowest BCUT2D eigenvalue weighted by Gasteiger charge is -2.52. The summed E-state index contributed by atoms with van der Waals surface area (Å²) in [5.74, 6) is -2.10. The number of fused-ring (bicyclic) bond motifs is 1. The maximum Gasteiger partial charge on any atom is 0.312 e. The molecule has 0 amide bonds. The fourth-order valence-electron chi connectivity index (χ4n) is 4.25. The summed E-state index contributed by atoms with van der Waals surface area (Å²) in [6.45, 7) is 10.9. The number of hydrogen-bond donors (Lipinski definition) is 2. The second kappa shape index (κ2) is 6.16. The number of benzene rings is 1. The van der Waals surface area contributed by atoms with Gasteiger partial charge in [-0.2, -0.15) is 0 Å². The first kappa shape index (κ1) is 19.5. The molecule has 0 aliphatic carbocycles. The number of carboxylic acids is 1. The van der Waals surface area contributed by atoms with Crippen molar-refractivity contribution in [2.75, 3.05) is 0 Å². The Bertz CT molecular complexity index is 764. The van der Waals surface area contributed by atoms with Gasteiger partial charge < -0.3 is 9.52 Å². The monoisotopic (exact) mass is 363 g/mol. The summed E-state index contributed by atoms with van der Waals surface area (Å²) in [7, 11) is 0. The fourth-order valence-corrected chi connectivity index (χ4v) is 4.55. The van der Waals surface area contributed by atoms with Crippen LogP contribution in [0.2, 0.25) is 0 Å². The summed E-state index contributed by atoms with van der Waals surface area (Å²) in [5, 5.41) is 9.72. The maximum absolute atomic E-state index is 12.6. The summed E-state index contributed by atoms with van der Waals surface area (Å²) >= 11 is 4.04. The summed E-state index contributed by atoms with van der Waals surface area (Å²) in [4.78, 5) is 29.6. The molecule has 1 N–H and O–H groups in total. The van der Waals surface area contributed by atoms with E-state index >= 15 is 0 Å². The van der Waals surface area contributed by atoms with E-state index in [1.165, 1.54) is 0 Å². The van der Waals surface area contributed by atoms with E-state index in [2.05, 4.69) is 17.6 Å². The van der Waals surface area contributed by atoms with Crippen LogP contribution in [-0.2, 0) is 9.59 Å². The number of para-hydroxylation sites is 2. The summed E-state index contributed by atoms with van der Waals surface area (Å²) in [6.07, 6.45) is 0. The number of carboxylic acid groups (broad SMARTS) is 1. The third-order valence-electron chi connectivity index (χ3n) is 4.94. The molecule has 6 heteroatoms. The van der Waals surface area contributed by atoms with Gasteiger partial charge in [0.25, 0.3) is 0 Å². The van der Waals surface area contributed by atoms with Gasteiger partial charge in [-0.15, -0.1) is 12.6 Å². The predicted molar refractivity (Wildman–Crippen MR) is 99.7 cm³/mol. The Morgan fingerprint density at radius 1 is 1.08 bits per heavy atom. The molecule has 0 spiro atoms. The standard InChI is InChI=1S/C19H25NO4S/c1-17(2,3)19(16(22)23,18(4,5)6)13(15(21)25)14-20-11-9-7-8-10-12(11)24-14/h7-10,13H,1-6H3,(H,21,25)(H,22,23). The molecule has 0 aliphatic rings. The molecular weight excluding hydrogens is 338 g/mol. The molecular formula is C19H25NO4S. The third kappa shape index (κ3) is 2.97. The minimum atomic E-state index is -1.47. The summed E-state index contributed by atoms with van der Waals surface area (Å²) < 4.78 is 5.79. The molecule has 1 heterocycles. The largest absolute Gasteiger partial charge is 0.481 e. The Balaban J connectivity index is 2.86. The molecule has 2 aromatic rings. The molecule has 5 nitrogen and oxygen atoms in total. The van der Waals surface area contributed by atoms with Crippen molar-refractivity contribution in [2.24, 2.45) is 16.2 Å². The second-order valence-corrected chi connectivity index (χ2v) is 8.85. The third-order valence-corrected chi connectivity index (χ3v) is 5.20. The van der Waals surface area contributed by atoms with Crippen LogP contribution < -0.4 is 0 Å². The highest BCUT2D eigenvalue weighted by molar-refractivity contribution is 7.96. The van der Waals surface area contributed by atoms with Crippen LogP contribution in [0.15, 0.2) is 28.7 Å². The van der Waals surface area contributed by atoms with Crippen molar-refractivity contribution in [3.05, 3.63) is 30.2 Å². The molecule has 1 aromatic heterocycles. The number of hydrogen-bond acceptors (Lipinski definition) is 4. The summed E-state index contributed by atoms with van der Waals surface area (Å²) in [5.41, 5.74) is -1.90. The van der Waals surface area contributed by atoms with Crippen LogP contribution in [0.25, 0.3) is 11.1 Å². The zero-order chi connectivity index (χ0) is 19.2. The highest BCUT2D eigenvalue weighted by atomic mass is 32.1. The van der Waals surface area contributed by atoms with E-state index in [-0.39, 0.29) is 5.89 Å². The van der Waals surface area contributed by atoms with Crippen LogP contribution in [-0.4, -0.2) is 21.2 Å². The average molecular weight is 363 g/mol. The van der Waals surface area contributed by atoms with E-state index in [0.717, 1.165) is 0 Å². The van der Waals surface area contributed by atoms with E-state index in [1.54, 1.807) is 18.2 Å². The van der Waals surface area contributed by atoms with Crippen molar-refractivity contribution >= 4 is 34.8 Å². The van der Waals surface area contributed by atoms with Gasteiger partial charge >= 0.3 is 5.97 Å². The lowest BCUT2D eigenvalue weighted by Crippen LogP contribution is -2.57. The number of aliphatic carboxylic acids is 1. The van der Waals surface area contributed by atoms with Crippen molar-refractivity contribution in [1.82, 2.24) is 4.98 Å². The SMILES string of the molecule is CC(C)(C)C(C(=O)O)(C(C(=O)S)c1nc2ccccc2o1)C(C)(C)C. The zero-order valence-corrected chi connectivity index (χ0v) is 16.3. The first-order valence-corrected chi connectivity index (χ1v) is 8.60. The van der Waals surface area contributed by atoms with E-state index in [4.69, 9.17) is 4.42 Å². The van der Waals surface area contributed by atoms with Crippen molar-refractivity contribution < 1.29 is 19.1 Å². The van der Waals surface area contributed by atoms with Gasteiger partial charge in [0.1, 0.15) is 11.4 Å². The first-order valence-electron chi connectivity index (χ1n) is 8.15. The molecule has 0 radical (unpaired) electrons. The molecule has 136 valence electrons. The lowest BCUT2D eigenvalue weighted by atomic mass is 9.49. The Morgan fingerprint density at radius 3 is 2.00 bits per heavy atom. The Morgan fingerprint density at radius 2 is 1.60 bits per heavy atom. The highest BCUT2D eigenvalue weighted by Crippen LogP contribution is 2.60. The molecule has 0 saturated heterocycles. The van der Waals surface area contributed by atoms with E-state index in [9.17, 15) is 14.7 Å². The number of carbonyl (C=O) groups is 2. The van der Waals surface area contributed by atoms with Gasteiger partial charge in [-0.05, 0) is 23.0 Å². The predicted octanol–water partition coefficient (Wildman–Crippen LogP) is 4.53. The van der Waals surface area contributed by atoms with Gasteiger partial charge in [-0.3, -0.25) is 9.59 Å². The normalized spacial score (nSPS) is 14.5. The molecule has 1 unspecified atom stereocenters. The molecule has 2 rings (SSSR count). The van der Waals surface area contributed by atoms with Crippen molar-refractivity contribution in [3.63, 3.8) is 0 Å². The second-order valence-electron chi connectivity index (χ2n) is 8.40. The Hall–Kier alpha value is -1.82. The van der Waals surface area contributed by atoms with Crippen molar-refractivity contribution in [2.45, 2.75) is 47.5 Å². The number of rotatable bonds is 4. The smallest absolute Gasteiger partial charge is 0.312 e.